The van der Waals surface area contributed by atoms with E-state index in [2.05, 4.69) is 5.32 Å². The van der Waals surface area contributed by atoms with Gasteiger partial charge in [-0.15, -0.1) is 0 Å². The maximum Gasteiger partial charge on any atom is 0.150 e. The molecule has 0 radical (unpaired) electrons. The molecule has 0 spiro atoms. The van der Waals surface area contributed by atoms with Crippen LogP contribution in [0.1, 0.15) is 15.9 Å². The maximum atomic E-state index is 10.5. The normalized spacial score (nSPS) is 10.7. The van der Waals surface area contributed by atoms with E-state index in [9.17, 15) is 4.79 Å². The zero-order valence-electron chi connectivity index (χ0n) is 7.96. The molecule has 0 amide bonds. The molecule has 2 nitrogen and oxygen atoms in total. The molecule has 0 saturated heterocycles. The highest BCUT2D eigenvalue weighted by molar-refractivity contribution is 6.31. The SMILES string of the molecule is CNCC=Cc1cc(Cl)cc(C=O)c1. The van der Waals surface area contributed by atoms with Gasteiger partial charge in [0.05, 0.1) is 0 Å². The fourth-order valence-corrected chi connectivity index (χ4v) is 1.36. The molecule has 0 bridgehead atoms. The van der Waals surface area contributed by atoms with Crippen LogP contribution >= 0.6 is 11.6 Å². The van der Waals surface area contributed by atoms with E-state index < -0.39 is 0 Å². The van der Waals surface area contributed by atoms with Crippen molar-refractivity contribution in [3.8, 4) is 0 Å². The molecule has 0 aliphatic carbocycles. The zero-order valence-corrected chi connectivity index (χ0v) is 8.71. The van der Waals surface area contributed by atoms with E-state index in [4.69, 9.17) is 11.6 Å². The summed E-state index contributed by atoms with van der Waals surface area (Å²) in [6.07, 6.45) is 4.69. The van der Waals surface area contributed by atoms with E-state index >= 15 is 0 Å². The van der Waals surface area contributed by atoms with Crippen LogP contribution in [0.4, 0.5) is 0 Å². The van der Waals surface area contributed by atoms with Crippen LogP contribution in [-0.2, 0) is 0 Å². The monoisotopic (exact) mass is 209 g/mol. The third-order valence-electron chi connectivity index (χ3n) is 1.71. The minimum Gasteiger partial charge on any atom is -0.316 e. The van der Waals surface area contributed by atoms with E-state index in [-0.39, 0.29) is 0 Å². The topological polar surface area (TPSA) is 29.1 Å². The second-order valence-corrected chi connectivity index (χ2v) is 3.33. The van der Waals surface area contributed by atoms with Crippen LogP contribution in [-0.4, -0.2) is 19.9 Å². The van der Waals surface area contributed by atoms with Crippen molar-refractivity contribution in [3.05, 3.63) is 40.4 Å². The molecule has 0 aliphatic rings. The number of carbonyl (C=O) groups excluding carboxylic acids is 1. The van der Waals surface area contributed by atoms with Gasteiger partial charge in [-0.1, -0.05) is 23.8 Å². The van der Waals surface area contributed by atoms with Gasteiger partial charge in [0.25, 0.3) is 0 Å². The maximum absolute atomic E-state index is 10.5. The largest absolute Gasteiger partial charge is 0.316 e. The van der Waals surface area contributed by atoms with Gasteiger partial charge >= 0.3 is 0 Å². The Labute approximate surface area is 88.6 Å². The summed E-state index contributed by atoms with van der Waals surface area (Å²) in [4.78, 5) is 10.5. The Kier molecular flexibility index (Phi) is 4.36. The van der Waals surface area contributed by atoms with Crippen LogP contribution in [0.25, 0.3) is 6.08 Å². The Morgan fingerprint density at radius 1 is 1.36 bits per heavy atom. The molecule has 0 saturated carbocycles. The van der Waals surface area contributed by atoms with Gasteiger partial charge in [-0.05, 0) is 30.8 Å². The van der Waals surface area contributed by atoms with Crippen molar-refractivity contribution in [2.45, 2.75) is 0 Å². The Hall–Kier alpha value is -1.12. The Balaban J connectivity index is 2.86. The van der Waals surface area contributed by atoms with Crippen molar-refractivity contribution in [1.29, 1.82) is 0 Å². The molecule has 14 heavy (non-hydrogen) atoms. The molecule has 1 aromatic carbocycles. The second-order valence-electron chi connectivity index (χ2n) is 2.90. The predicted molar refractivity (Wildman–Crippen MR) is 59.8 cm³/mol. The molecular formula is C11H12ClNO. The molecule has 0 aromatic heterocycles. The quantitative estimate of drug-likeness (QED) is 0.772. The third kappa shape index (κ3) is 3.32. The van der Waals surface area contributed by atoms with Crippen molar-refractivity contribution in [2.24, 2.45) is 0 Å². The van der Waals surface area contributed by atoms with Gasteiger partial charge in [0.2, 0.25) is 0 Å². The zero-order chi connectivity index (χ0) is 10.4. The number of nitrogens with one attached hydrogen (secondary N) is 1. The minimum atomic E-state index is 0.582. The number of hydrogen-bond acceptors (Lipinski definition) is 2. The summed E-state index contributed by atoms with van der Waals surface area (Å²) in [5.74, 6) is 0. The summed E-state index contributed by atoms with van der Waals surface area (Å²) in [5, 5.41) is 3.57. The van der Waals surface area contributed by atoms with Crippen molar-refractivity contribution in [3.63, 3.8) is 0 Å². The first-order valence-electron chi connectivity index (χ1n) is 4.33. The van der Waals surface area contributed by atoms with E-state index in [1.165, 1.54) is 0 Å². The van der Waals surface area contributed by atoms with Gasteiger partial charge in [-0.3, -0.25) is 4.79 Å². The first-order valence-corrected chi connectivity index (χ1v) is 4.71. The average Bonchev–Trinajstić information content (AvgIpc) is 2.17. The molecule has 0 fully saturated rings. The lowest BCUT2D eigenvalue weighted by Gasteiger charge is -1.97. The van der Waals surface area contributed by atoms with Gasteiger partial charge in [0.15, 0.2) is 0 Å². The van der Waals surface area contributed by atoms with Crippen LogP contribution in [0.5, 0.6) is 0 Å². The van der Waals surface area contributed by atoms with Gasteiger partial charge in [-0.2, -0.15) is 0 Å². The van der Waals surface area contributed by atoms with Crippen molar-refractivity contribution < 1.29 is 4.79 Å². The number of benzene rings is 1. The highest BCUT2D eigenvalue weighted by atomic mass is 35.5. The molecule has 1 aromatic rings. The third-order valence-corrected chi connectivity index (χ3v) is 1.93. The summed E-state index contributed by atoms with van der Waals surface area (Å²) in [6.45, 7) is 0.795. The first-order chi connectivity index (χ1) is 6.76. The van der Waals surface area contributed by atoms with E-state index in [0.29, 0.717) is 10.6 Å². The van der Waals surface area contributed by atoms with Gasteiger partial charge in [0.1, 0.15) is 6.29 Å². The van der Waals surface area contributed by atoms with E-state index in [0.717, 1.165) is 18.4 Å². The molecule has 1 rings (SSSR count). The number of carbonyl (C=O) groups is 1. The van der Waals surface area contributed by atoms with Crippen molar-refractivity contribution >= 4 is 24.0 Å². The number of hydrogen-bond donors (Lipinski definition) is 1. The summed E-state index contributed by atoms with van der Waals surface area (Å²) in [7, 11) is 1.87. The number of rotatable bonds is 4. The molecule has 3 heteroatoms. The molecule has 0 unspecified atom stereocenters. The smallest absolute Gasteiger partial charge is 0.150 e. The Bertz CT molecular complexity index is 347. The van der Waals surface area contributed by atoms with Crippen LogP contribution in [0, 0.1) is 0 Å². The summed E-state index contributed by atoms with van der Waals surface area (Å²) in [5.41, 5.74) is 1.54. The van der Waals surface area contributed by atoms with Crippen LogP contribution < -0.4 is 5.32 Å². The van der Waals surface area contributed by atoms with Gasteiger partial charge in [0, 0.05) is 17.1 Å². The Morgan fingerprint density at radius 2 is 2.07 bits per heavy atom. The number of aldehydes is 1. The fraction of sp³-hybridized carbons (Fsp3) is 0.182. The molecular weight excluding hydrogens is 198 g/mol. The van der Waals surface area contributed by atoms with Crippen molar-refractivity contribution in [2.75, 3.05) is 13.6 Å². The standard InChI is InChI=1S/C11H12ClNO/c1-13-4-2-3-9-5-10(8-14)7-11(12)6-9/h2-3,5-8,13H,4H2,1H3. The van der Waals surface area contributed by atoms with E-state index in [1.807, 2.05) is 25.3 Å². The van der Waals surface area contributed by atoms with Crippen molar-refractivity contribution in [1.82, 2.24) is 5.32 Å². The predicted octanol–water partition coefficient (Wildman–Crippen LogP) is 2.39. The molecule has 0 atom stereocenters. The number of likely N-dealkylation sites (N-methyl/N-ethyl adjacent to an activating group) is 1. The molecule has 0 aliphatic heterocycles. The lowest BCUT2D eigenvalue weighted by molar-refractivity contribution is 0.112. The highest BCUT2D eigenvalue weighted by Gasteiger charge is 1.95. The minimum absolute atomic E-state index is 0.582. The molecule has 0 heterocycles. The van der Waals surface area contributed by atoms with Gasteiger partial charge < -0.3 is 5.32 Å². The second kappa shape index (κ2) is 5.58. The number of halogens is 1. The summed E-state index contributed by atoms with van der Waals surface area (Å²) in [6, 6.07) is 5.26. The summed E-state index contributed by atoms with van der Waals surface area (Å²) < 4.78 is 0. The highest BCUT2D eigenvalue weighted by Crippen LogP contribution is 2.15. The van der Waals surface area contributed by atoms with Crippen LogP contribution in [0.2, 0.25) is 5.02 Å². The van der Waals surface area contributed by atoms with Gasteiger partial charge in [-0.25, -0.2) is 0 Å². The summed E-state index contributed by atoms with van der Waals surface area (Å²) >= 11 is 5.83. The van der Waals surface area contributed by atoms with E-state index in [1.54, 1.807) is 12.1 Å². The lowest BCUT2D eigenvalue weighted by Crippen LogP contribution is -2.03. The van der Waals surface area contributed by atoms with Crippen LogP contribution in [0.3, 0.4) is 0 Å². The van der Waals surface area contributed by atoms with Crippen LogP contribution in [0.15, 0.2) is 24.3 Å². The molecule has 1 N–H and O–H groups in total. The Morgan fingerprint density at radius 3 is 2.71 bits per heavy atom. The lowest BCUT2D eigenvalue weighted by atomic mass is 10.1. The average molecular weight is 210 g/mol. The molecule has 74 valence electrons. The first kappa shape index (κ1) is 11.0. The fourth-order valence-electron chi connectivity index (χ4n) is 1.11.